The first-order chi connectivity index (χ1) is 17.1. The highest BCUT2D eigenvalue weighted by molar-refractivity contribution is 5.98. The van der Waals surface area contributed by atoms with Gasteiger partial charge in [0, 0.05) is 23.6 Å². The maximum atomic E-state index is 12.8. The number of hydrogen-bond donors (Lipinski definition) is 1. The lowest BCUT2D eigenvalue weighted by Crippen LogP contribution is -2.26. The lowest BCUT2D eigenvalue weighted by atomic mass is 10.2. The molecule has 4 aromatic rings. The molecule has 0 saturated heterocycles. The van der Waals surface area contributed by atoms with Crippen molar-refractivity contribution in [1.82, 2.24) is 24.6 Å². The van der Waals surface area contributed by atoms with Crippen molar-refractivity contribution in [1.29, 1.82) is 0 Å². The molecule has 0 spiro atoms. The fourth-order valence-corrected chi connectivity index (χ4v) is 4.37. The van der Waals surface area contributed by atoms with Crippen LogP contribution in [0.1, 0.15) is 36.3 Å². The van der Waals surface area contributed by atoms with Crippen molar-refractivity contribution in [2.75, 3.05) is 5.32 Å². The zero-order valence-electron chi connectivity index (χ0n) is 18.6. The van der Waals surface area contributed by atoms with Gasteiger partial charge in [-0.1, -0.05) is 11.2 Å². The number of amides is 2. The molecule has 10 heteroatoms. The summed E-state index contributed by atoms with van der Waals surface area (Å²) in [5.41, 5.74) is 3.47. The first kappa shape index (κ1) is 20.0. The van der Waals surface area contributed by atoms with Crippen molar-refractivity contribution in [3.8, 4) is 11.6 Å². The van der Waals surface area contributed by atoms with E-state index in [-0.39, 0.29) is 17.9 Å². The Balaban J connectivity index is 1.09. The van der Waals surface area contributed by atoms with E-state index >= 15 is 0 Å². The number of anilines is 1. The lowest BCUT2D eigenvalue weighted by Gasteiger charge is -2.14. The summed E-state index contributed by atoms with van der Waals surface area (Å²) in [6.07, 6.45) is 8.02. The van der Waals surface area contributed by atoms with Gasteiger partial charge in [-0.3, -0.25) is 14.7 Å². The van der Waals surface area contributed by atoms with E-state index in [4.69, 9.17) is 9.26 Å². The van der Waals surface area contributed by atoms with Gasteiger partial charge in [-0.2, -0.15) is 0 Å². The Morgan fingerprint density at radius 3 is 2.83 bits per heavy atom. The Kier molecular flexibility index (Phi) is 4.29. The molecule has 0 unspecified atom stereocenters. The second kappa shape index (κ2) is 7.52. The van der Waals surface area contributed by atoms with Gasteiger partial charge in [0.25, 0.3) is 0 Å². The molecule has 0 radical (unpaired) electrons. The number of carbonyl (C=O) groups is 2. The first-order valence-corrected chi connectivity index (χ1v) is 11.5. The highest BCUT2D eigenvalue weighted by atomic mass is 16.5. The van der Waals surface area contributed by atoms with E-state index in [1.165, 1.54) is 10.9 Å². The highest BCUT2D eigenvalue weighted by Gasteiger charge is 2.37. The number of ether oxygens (including phenoxy) is 1. The van der Waals surface area contributed by atoms with E-state index in [1.54, 1.807) is 18.3 Å². The predicted molar refractivity (Wildman–Crippen MR) is 125 cm³/mol. The van der Waals surface area contributed by atoms with Crippen LogP contribution in [0.2, 0.25) is 0 Å². The zero-order chi connectivity index (χ0) is 23.5. The highest BCUT2D eigenvalue weighted by Crippen LogP contribution is 2.37. The minimum absolute atomic E-state index is 0.159. The predicted octanol–water partition coefficient (Wildman–Crippen LogP) is 4.33. The zero-order valence-corrected chi connectivity index (χ0v) is 18.6. The number of carbonyl (C=O) groups excluding carboxylic acids is 2. The Morgan fingerprint density at radius 2 is 2.00 bits per heavy atom. The van der Waals surface area contributed by atoms with Crippen LogP contribution in [0, 0.1) is 5.92 Å². The van der Waals surface area contributed by atoms with E-state index in [2.05, 4.69) is 20.4 Å². The van der Waals surface area contributed by atoms with Gasteiger partial charge in [-0.25, -0.2) is 14.8 Å². The van der Waals surface area contributed by atoms with Crippen molar-refractivity contribution in [2.24, 2.45) is 5.92 Å². The summed E-state index contributed by atoms with van der Waals surface area (Å²) in [5, 5.41) is 7.50. The van der Waals surface area contributed by atoms with Crippen LogP contribution in [0.15, 0.2) is 53.5 Å². The summed E-state index contributed by atoms with van der Waals surface area (Å²) in [7, 11) is 0. The van der Waals surface area contributed by atoms with Crippen LogP contribution in [-0.2, 0) is 17.9 Å². The van der Waals surface area contributed by atoms with Crippen LogP contribution in [0.5, 0.6) is 11.6 Å². The summed E-state index contributed by atoms with van der Waals surface area (Å²) in [5.74, 6) is 2.42. The Hall–Kier alpha value is -4.47. The average molecular weight is 468 g/mol. The van der Waals surface area contributed by atoms with E-state index in [0.717, 1.165) is 47.0 Å². The van der Waals surface area contributed by atoms with Gasteiger partial charge in [-0.05, 0) is 49.1 Å². The number of allylic oxidation sites excluding steroid dienone is 2. The summed E-state index contributed by atoms with van der Waals surface area (Å²) in [4.78, 5) is 35.8. The summed E-state index contributed by atoms with van der Waals surface area (Å²) < 4.78 is 12.9. The second-order valence-electron chi connectivity index (χ2n) is 9.02. The molecule has 4 heterocycles. The number of benzene rings is 1. The molecular weight excluding hydrogens is 448 g/mol. The molecule has 1 N–H and O–H groups in total. The molecule has 2 aliphatic carbocycles. The molecule has 10 nitrogen and oxygen atoms in total. The van der Waals surface area contributed by atoms with Gasteiger partial charge in [0.15, 0.2) is 11.6 Å². The number of hydrogen-bond acceptors (Lipinski definition) is 7. The van der Waals surface area contributed by atoms with Crippen molar-refractivity contribution >= 4 is 34.2 Å². The minimum Gasteiger partial charge on any atom is -0.439 e. The quantitative estimate of drug-likeness (QED) is 0.463. The van der Waals surface area contributed by atoms with Gasteiger partial charge in [0.2, 0.25) is 11.8 Å². The van der Waals surface area contributed by atoms with Crippen LogP contribution in [0.4, 0.5) is 10.6 Å². The number of rotatable bonds is 5. The van der Waals surface area contributed by atoms with Gasteiger partial charge in [0.05, 0.1) is 29.9 Å². The van der Waals surface area contributed by atoms with E-state index in [1.807, 2.05) is 29.2 Å². The smallest absolute Gasteiger partial charge is 0.331 e. The summed E-state index contributed by atoms with van der Waals surface area (Å²) in [6.45, 7) is 0.950. The number of nitrogens with zero attached hydrogens (tertiary/aromatic N) is 5. The standard InChI is InChI=1S/C25H20N6O4/c32-24(15-3-4-15)30-11-18-19(12-30)26-13-27-23(18)34-17-5-6-20-16(9-17)7-8-31(20)25(33)28-22-10-21(35-29-22)14-1-2-14/h1,5-10,13,15H,2-4,11-12H2,(H,28,29,33). The maximum Gasteiger partial charge on any atom is 0.331 e. The van der Waals surface area contributed by atoms with E-state index in [9.17, 15) is 9.59 Å². The molecule has 1 aromatic carbocycles. The largest absolute Gasteiger partial charge is 0.439 e. The fourth-order valence-electron chi connectivity index (χ4n) is 4.37. The Labute approximate surface area is 199 Å². The second-order valence-corrected chi connectivity index (χ2v) is 9.02. The number of nitrogens with one attached hydrogen (secondary N) is 1. The summed E-state index contributed by atoms with van der Waals surface area (Å²) in [6, 6.07) is 8.67. The van der Waals surface area contributed by atoms with Crippen molar-refractivity contribution < 1.29 is 18.8 Å². The van der Waals surface area contributed by atoms with E-state index < -0.39 is 0 Å². The molecule has 0 bridgehead atoms. The lowest BCUT2D eigenvalue weighted by molar-refractivity contribution is -0.133. The molecule has 174 valence electrons. The van der Waals surface area contributed by atoms with Crippen LogP contribution >= 0.6 is 0 Å². The monoisotopic (exact) mass is 468 g/mol. The molecule has 35 heavy (non-hydrogen) atoms. The van der Waals surface area contributed by atoms with Crippen molar-refractivity contribution in [3.05, 3.63) is 65.9 Å². The van der Waals surface area contributed by atoms with Crippen LogP contribution in [0.25, 0.3) is 16.5 Å². The third-order valence-electron chi connectivity index (χ3n) is 6.49. The Bertz CT molecular complexity index is 1550. The topological polar surface area (TPSA) is 115 Å². The summed E-state index contributed by atoms with van der Waals surface area (Å²) >= 11 is 0. The fraction of sp³-hybridized carbons (Fsp3) is 0.240. The molecule has 0 atom stereocenters. The van der Waals surface area contributed by atoms with E-state index in [0.29, 0.717) is 36.3 Å². The number of aromatic nitrogens is 4. The molecule has 7 rings (SSSR count). The van der Waals surface area contributed by atoms with Gasteiger partial charge in [0.1, 0.15) is 12.1 Å². The normalized spacial score (nSPS) is 16.2. The maximum absolute atomic E-state index is 12.8. The average Bonchev–Trinajstić information content (AvgIpc) is 3.76. The van der Waals surface area contributed by atoms with Crippen LogP contribution < -0.4 is 10.1 Å². The van der Waals surface area contributed by atoms with Gasteiger partial charge >= 0.3 is 6.03 Å². The third-order valence-corrected chi connectivity index (χ3v) is 6.49. The van der Waals surface area contributed by atoms with Gasteiger partial charge < -0.3 is 14.2 Å². The molecule has 1 saturated carbocycles. The SMILES string of the molecule is O=C(C1CC1)N1Cc2ncnc(Oc3ccc4c(ccn4C(=O)Nc4cc(C5=CC5)on4)c3)c2C1. The molecular formula is C25H20N6O4. The molecule has 2 amide bonds. The van der Waals surface area contributed by atoms with Gasteiger partial charge in [-0.15, -0.1) is 0 Å². The Morgan fingerprint density at radius 1 is 1.11 bits per heavy atom. The van der Waals surface area contributed by atoms with Crippen LogP contribution in [0.3, 0.4) is 0 Å². The molecule has 3 aromatic heterocycles. The number of fused-ring (bicyclic) bond motifs is 2. The molecule has 1 fully saturated rings. The van der Waals surface area contributed by atoms with Crippen molar-refractivity contribution in [3.63, 3.8) is 0 Å². The van der Waals surface area contributed by atoms with Crippen molar-refractivity contribution in [2.45, 2.75) is 32.4 Å². The minimum atomic E-state index is -0.340. The molecule has 3 aliphatic rings. The van der Waals surface area contributed by atoms with Crippen LogP contribution in [-0.4, -0.2) is 36.5 Å². The first-order valence-electron chi connectivity index (χ1n) is 11.5. The third kappa shape index (κ3) is 3.63. The molecule has 1 aliphatic heterocycles.